The second-order valence-corrected chi connectivity index (χ2v) is 8.50. The lowest BCUT2D eigenvalue weighted by Gasteiger charge is -2.26. The molecule has 4 rings (SSSR count). The number of anilines is 1. The Bertz CT molecular complexity index is 1060. The van der Waals surface area contributed by atoms with Gasteiger partial charge in [0, 0.05) is 30.2 Å². The first-order valence-electron chi connectivity index (χ1n) is 11.6. The molecule has 0 radical (unpaired) electrons. The van der Waals surface area contributed by atoms with Crippen LogP contribution in [-0.4, -0.2) is 34.8 Å². The predicted molar refractivity (Wildman–Crippen MR) is 133 cm³/mol. The first-order valence-corrected chi connectivity index (χ1v) is 11.6. The maximum Gasteiger partial charge on any atom is 0.257 e. The second kappa shape index (κ2) is 11.4. The number of piperidine rings is 1. The molecule has 2 N–H and O–H groups in total. The van der Waals surface area contributed by atoms with Gasteiger partial charge in [-0.2, -0.15) is 0 Å². The van der Waals surface area contributed by atoms with Gasteiger partial charge in [-0.25, -0.2) is 4.99 Å². The van der Waals surface area contributed by atoms with Crippen molar-refractivity contribution in [2.75, 3.05) is 18.4 Å². The Labute approximate surface area is 195 Å². The van der Waals surface area contributed by atoms with Crippen LogP contribution in [0.2, 0.25) is 0 Å². The highest BCUT2D eigenvalue weighted by Crippen LogP contribution is 2.14. The lowest BCUT2D eigenvalue weighted by molar-refractivity contribution is 0.0977. The standard InChI is InChI=1S/C27H31N5O/c1-21-5-11-25(12-6-21)30-27(29-19-22-13-15-28-16-14-22)31-26(33)24-9-7-23(8-10-24)20-32-17-3-2-4-18-32/h5-16H,2-4,17-20H2,1H3,(H2,29,30,31,33). The van der Waals surface area contributed by atoms with Crippen LogP contribution in [0.1, 0.15) is 46.3 Å². The highest BCUT2D eigenvalue weighted by atomic mass is 16.1. The van der Waals surface area contributed by atoms with Gasteiger partial charge in [-0.15, -0.1) is 0 Å². The third-order valence-electron chi connectivity index (χ3n) is 5.79. The van der Waals surface area contributed by atoms with Crippen molar-refractivity contribution in [3.63, 3.8) is 0 Å². The van der Waals surface area contributed by atoms with Gasteiger partial charge in [-0.3, -0.25) is 20.0 Å². The Morgan fingerprint density at radius 1 is 0.909 bits per heavy atom. The topological polar surface area (TPSA) is 69.6 Å². The van der Waals surface area contributed by atoms with Crippen LogP contribution >= 0.6 is 0 Å². The van der Waals surface area contributed by atoms with E-state index >= 15 is 0 Å². The van der Waals surface area contributed by atoms with Gasteiger partial charge in [-0.1, -0.05) is 36.2 Å². The number of nitrogens with zero attached hydrogens (tertiary/aromatic N) is 3. The SMILES string of the molecule is Cc1ccc(NC(=NCc2ccncc2)NC(=O)c2ccc(CN3CCCCC3)cc2)cc1. The average Bonchev–Trinajstić information content (AvgIpc) is 2.85. The molecule has 33 heavy (non-hydrogen) atoms. The second-order valence-electron chi connectivity index (χ2n) is 8.50. The lowest BCUT2D eigenvalue weighted by Crippen LogP contribution is -2.36. The molecule has 6 nitrogen and oxygen atoms in total. The minimum absolute atomic E-state index is 0.187. The van der Waals surface area contributed by atoms with Crippen LogP contribution < -0.4 is 10.6 Å². The van der Waals surface area contributed by atoms with E-state index in [0.29, 0.717) is 18.1 Å². The van der Waals surface area contributed by atoms with Crippen molar-refractivity contribution in [2.45, 2.75) is 39.3 Å². The number of carbonyl (C=O) groups is 1. The van der Waals surface area contributed by atoms with E-state index in [1.54, 1.807) is 12.4 Å². The van der Waals surface area contributed by atoms with E-state index in [4.69, 9.17) is 0 Å². The number of hydrogen-bond acceptors (Lipinski definition) is 4. The van der Waals surface area contributed by atoms with Gasteiger partial charge < -0.3 is 5.32 Å². The Hall–Kier alpha value is -3.51. The van der Waals surface area contributed by atoms with E-state index in [2.05, 4.69) is 25.5 Å². The maximum atomic E-state index is 13.0. The van der Waals surface area contributed by atoms with E-state index < -0.39 is 0 Å². The van der Waals surface area contributed by atoms with Crippen LogP contribution in [0.3, 0.4) is 0 Å². The molecule has 1 amide bonds. The van der Waals surface area contributed by atoms with E-state index in [1.165, 1.54) is 30.4 Å². The van der Waals surface area contributed by atoms with Gasteiger partial charge >= 0.3 is 0 Å². The van der Waals surface area contributed by atoms with Crippen molar-refractivity contribution < 1.29 is 4.79 Å². The number of guanidine groups is 1. The van der Waals surface area contributed by atoms with E-state index in [0.717, 1.165) is 30.9 Å². The Morgan fingerprint density at radius 2 is 1.61 bits per heavy atom. The molecule has 0 unspecified atom stereocenters. The largest absolute Gasteiger partial charge is 0.326 e. The van der Waals surface area contributed by atoms with E-state index in [1.807, 2.05) is 67.6 Å². The van der Waals surface area contributed by atoms with E-state index in [9.17, 15) is 4.79 Å². The molecule has 1 aliphatic heterocycles. The molecule has 0 saturated carbocycles. The quantitative estimate of drug-likeness (QED) is 0.427. The van der Waals surface area contributed by atoms with Crippen molar-refractivity contribution >= 4 is 17.6 Å². The van der Waals surface area contributed by atoms with Crippen molar-refractivity contribution in [1.82, 2.24) is 15.2 Å². The number of nitrogens with one attached hydrogen (secondary N) is 2. The van der Waals surface area contributed by atoms with Crippen LogP contribution in [0.15, 0.2) is 78.0 Å². The zero-order valence-electron chi connectivity index (χ0n) is 19.1. The van der Waals surface area contributed by atoms with Crippen LogP contribution in [0.4, 0.5) is 5.69 Å². The summed E-state index contributed by atoms with van der Waals surface area (Å²) < 4.78 is 0. The summed E-state index contributed by atoms with van der Waals surface area (Å²) in [6.45, 7) is 5.73. The fourth-order valence-corrected chi connectivity index (χ4v) is 3.86. The molecule has 1 fully saturated rings. The summed E-state index contributed by atoms with van der Waals surface area (Å²) in [6, 6.07) is 19.7. The number of likely N-dealkylation sites (tertiary alicyclic amines) is 1. The van der Waals surface area contributed by atoms with Gasteiger partial charge in [0.2, 0.25) is 5.96 Å². The minimum Gasteiger partial charge on any atom is -0.326 e. The van der Waals surface area contributed by atoms with Crippen molar-refractivity contribution in [1.29, 1.82) is 0 Å². The van der Waals surface area contributed by atoms with Gasteiger partial charge in [-0.05, 0) is 80.4 Å². The van der Waals surface area contributed by atoms with E-state index in [-0.39, 0.29) is 5.91 Å². The Morgan fingerprint density at radius 3 is 2.30 bits per heavy atom. The third-order valence-corrected chi connectivity index (χ3v) is 5.79. The fraction of sp³-hybridized carbons (Fsp3) is 0.296. The van der Waals surface area contributed by atoms with Crippen LogP contribution in [0.5, 0.6) is 0 Å². The highest BCUT2D eigenvalue weighted by molar-refractivity contribution is 6.09. The smallest absolute Gasteiger partial charge is 0.257 e. The monoisotopic (exact) mass is 441 g/mol. The average molecular weight is 442 g/mol. The zero-order valence-corrected chi connectivity index (χ0v) is 19.1. The summed E-state index contributed by atoms with van der Waals surface area (Å²) in [5.41, 5.74) is 4.90. The van der Waals surface area contributed by atoms with Gasteiger partial charge in [0.25, 0.3) is 5.91 Å². The number of aromatic nitrogens is 1. The summed E-state index contributed by atoms with van der Waals surface area (Å²) in [7, 11) is 0. The molecule has 1 aliphatic rings. The predicted octanol–water partition coefficient (Wildman–Crippen LogP) is 4.77. The van der Waals surface area contributed by atoms with Crippen LogP contribution in [-0.2, 0) is 13.1 Å². The van der Waals surface area contributed by atoms with Gasteiger partial charge in [0.05, 0.1) is 6.54 Å². The summed E-state index contributed by atoms with van der Waals surface area (Å²) >= 11 is 0. The molecular weight excluding hydrogens is 410 g/mol. The number of carbonyl (C=O) groups excluding carboxylic acids is 1. The normalized spacial score (nSPS) is 14.6. The number of aryl methyl sites for hydroxylation is 1. The third kappa shape index (κ3) is 6.99. The zero-order chi connectivity index (χ0) is 22.9. The summed E-state index contributed by atoms with van der Waals surface area (Å²) in [5.74, 6) is 0.227. The molecule has 1 aromatic heterocycles. The summed E-state index contributed by atoms with van der Waals surface area (Å²) in [6.07, 6.45) is 7.35. The molecule has 2 aromatic carbocycles. The Kier molecular flexibility index (Phi) is 7.82. The number of pyridine rings is 1. The first-order chi connectivity index (χ1) is 16.2. The minimum atomic E-state index is -0.187. The maximum absolute atomic E-state index is 13.0. The molecule has 3 aromatic rings. The van der Waals surface area contributed by atoms with Gasteiger partial charge in [0.15, 0.2) is 0 Å². The van der Waals surface area contributed by atoms with Crippen molar-refractivity contribution in [3.05, 3.63) is 95.3 Å². The summed E-state index contributed by atoms with van der Waals surface area (Å²) in [4.78, 5) is 24.1. The molecule has 0 bridgehead atoms. The first kappa shape index (κ1) is 22.7. The number of rotatable bonds is 6. The molecule has 0 aliphatic carbocycles. The van der Waals surface area contributed by atoms with Crippen molar-refractivity contribution in [3.8, 4) is 0 Å². The molecular formula is C27H31N5O. The van der Waals surface area contributed by atoms with Crippen molar-refractivity contribution in [2.24, 2.45) is 4.99 Å². The van der Waals surface area contributed by atoms with Gasteiger partial charge in [0.1, 0.15) is 0 Å². The van der Waals surface area contributed by atoms with Crippen LogP contribution in [0, 0.1) is 6.92 Å². The number of benzene rings is 2. The molecule has 0 spiro atoms. The van der Waals surface area contributed by atoms with Crippen LogP contribution in [0.25, 0.3) is 0 Å². The summed E-state index contributed by atoms with van der Waals surface area (Å²) in [5, 5.41) is 6.18. The number of amides is 1. The molecule has 2 heterocycles. The number of hydrogen-bond donors (Lipinski definition) is 2. The fourth-order valence-electron chi connectivity index (χ4n) is 3.86. The molecule has 170 valence electrons. The molecule has 1 saturated heterocycles. The Balaban J connectivity index is 1.43. The molecule has 0 atom stereocenters. The lowest BCUT2D eigenvalue weighted by atomic mass is 10.1. The highest BCUT2D eigenvalue weighted by Gasteiger charge is 2.12. The number of aliphatic imine (C=N–C) groups is 1. The molecule has 6 heteroatoms.